The van der Waals surface area contributed by atoms with Crippen LogP contribution in [-0.2, 0) is 0 Å². The van der Waals surface area contributed by atoms with E-state index in [2.05, 4.69) is 48.2 Å². The summed E-state index contributed by atoms with van der Waals surface area (Å²) in [5.74, 6) is 1.27. The molecule has 0 bridgehead atoms. The van der Waals surface area contributed by atoms with Gasteiger partial charge in [0, 0.05) is 31.4 Å². The summed E-state index contributed by atoms with van der Waals surface area (Å²) in [5, 5.41) is 3.62. The smallest absolute Gasteiger partial charge is 0.0363 e. The molecule has 1 aliphatic heterocycles. The molecular weight excluding hydrogens is 240 g/mol. The first-order chi connectivity index (χ1) is 8.81. The molecule has 0 unspecified atom stereocenters. The molecule has 0 aromatic heterocycles. The van der Waals surface area contributed by atoms with E-state index in [1.54, 1.807) is 0 Å². The molecule has 2 nitrogen and oxygen atoms in total. The van der Waals surface area contributed by atoms with E-state index in [1.807, 2.05) is 17.8 Å². The van der Waals surface area contributed by atoms with Gasteiger partial charge in [-0.25, -0.2) is 0 Å². The van der Waals surface area contributed by atoms with Gasteiger partial charge in [0.1, 0.15) is 0 Å². The van der Waals surface area contributed by atoms with E-state index in [9.17, 15) is 0 Å². The zero-order chi connectivity index (χ0) is 13.2. The second kappa shape index (κ2) is 9.29. The van der Waals surface area contributed by atoms with Crippen LogP contribution in [0, 0.1) is 0 Å². The van der Waals surface area contributed by atoms with Gasteiger partial charge in [-0.2, -0.15) is 11.8 Å². The number of hydrogen-bond donors (Lipinski definition) is 1. The van der Waals surface area contributed by atoms with Crippen LogP contribution in [0.1, 0.15) is 19.8 Å². The van der Waals surface area contributed by atoms with Gasteiger partial charge in [-0.3, -0.25) is 0 Å². The van der Waals surface area contributed by atoms with Crippen molar-refractivity contribution in [2.24, 2.45) is 0 Å². The van der Waals surface area contributed by atoms with Crippen molar-refractivity contribution in [3.8, 4) is 0 Å². The average molecular weight is 266 g/mol. The Labute approximate surface area is 116 Å². The maximum absolute atomic E-state index is 3.80. The summed E-state index contributed by atoms with van der Waals surface area (Å²) in [6.07, 6.45) is 13.0. The van der Waals surface area contributed by atoms with E-state index < -0.39 is 0 Å². The number of hydrogen-bond acceptors (Lipinski definition) is 3. The minimum absolute atomic E-state index is 0.629. The Morgan fingerprint density at radius 3 is 3.06 bits per heavy atom. The van der Waals surface area contributed by atoms with Gasteiger partial charge in [0.2, 0.25) is 0 Å². The standard InChI is InChI=1S/C15H26N2S/c1-4-7-15(8-5-2)17-11-10-16-14(13-17)9-6-12-18-3/h4-5,7-8,14,16H,1,6,9-13H2,2-3H3/b8-5-,15-7+/t14-/m0/s1. The molecular formula is C15H26N2S. The summed E-state index contributed by atoms with van der Waals surface area (Å²) >= 11 is 1.94. The van der Waals surface area contributed by atoms with Gasteiger partial charge < -0.3 is 10.2 Å². The lowest BCUT2D eigenvalue weighted by atomic mass is 10.1. The van der Waals surface area contributed by atoms with Crippen molar-refractivity contribution in [1.82, 2.24) is 10.2 Å². The highest BCUT2D eigenvalue weighted by Gasteiger charge is 2.19. The Hall–Kier alpha value is -0.670. The van der Waals surface area contributed by atoms with Crippen LogP contribution in [0.2, 0.25) is 0 Å². The first-order valence-corrected chi connectivity index (χ1v) is 8.14. The zero-order valence-electron chi connectivity index (χ0n) is 11.7. The monoisotopic (exact) mass is 266 g/mol. The molecule has 1 atom stereocenters. The molecule has 0 amide bonds. The normalized spacial score (nSPS) is 21.6. The van der Waals surface area contributed by atoms with E-state index >= 15 is 0 Å². The third-order valence-electron chi connectivity index (χ3n) is 3.15. The van der Waals surface area contributed by atoms with E-state index in [0.717, 1.165) is 19.6 Å². The summed E-state index contributed by atoms with van der Waals surface area (Å²) in [7, 11) is 0. The predicted molar refractivity (Wildman–Crippen MR) is 84.1 cm³/mol. The van der Waals surface area contributed by atoms with E-state index in [4.69, 9.17) is 0 Å². The van der Waals surface area contributed by atoms with Gasteiger partial charge in [-0.1, -0.05) is 18.7 Å². The summed E-state index contributed by atoms with van der Waals surface area (Å²) in [6.45, 7) is 9.14. The first-order valence-electron chi connectivity index (χ1n) is 6.74. The lowest BCUT2D eigenvalue weighted by Gasteiger charge is -2.36. The highest BCUT2D eigenvalue weighted by molar-refractivity contribution is 7.98. The van der Waals surface area contributed by atoms with Crippen LogP contribution in [-0.4, -0.2) is 42.6 Å². The highest BCUT2D eigenvalue weighted by atomic mass is 32.2. The van der Waals surface area contributed by atoms with Crippen LogP contribution in [0.25, 0.3) is 0 Å². The Bertz CT molecular complexity index is 297. The average Bonchev–Trinajstić information content (AvgIpc) is 2.39. The highest BCUT2D eigenvalue weighted by Crippen LogP contribution is 2.13. The van der Waals surface area contributed by atoms with Crippen molar-refractivity contribution in [1.29, 1.82) is 0 Å². The van der Waals surface area contributed by atoms with Crippen molar-refractivity contribution >= 4 is 11.8 Å². The lowest BCUT2D eigenvalue weighted by Crippen LogP contribution is -2.49. The zero-order valence-corrected chi connectivity index (χ0v) is 12.5. The van der Waals surface area contributed by atoms with Crippen LogP contribution >= 0.6 is 11.8 Å². The Kier molecular flexibility index (Phi) is 7.94. The minimum atomic E-state index is 0.629. The number of piperazine rings is 1. The fraction of sp³-hybridized carbons (Fsp3) is 0.600. The Balaban J connectivity index is 2.50. The SMILES string of the molecule is C=C/C=C(\C=C/C)N1CCN[C@@H](CCCSC)C1. The number of nitrogens with zero attached hydrogens (tertiary/aromatic N) is 1. The third-order valence-corrected chi connectivity index (χ3v) is 3.84. The van der Waals surface area contributed by atoms with Gasteiger partial charge in [-0.05, 0) is 43.9 Å². The van der Waals surface area contributed by atoms with Gasteiger partial charge >= 0.3 is 0 Å². The Morgan fingerprint density at radius 2 is 2.39 bits per heavy atom. The summed E-state index contributed by atoms with van der Waals surface area (Å²) in [5.41, 5.74) is 1.28. The maximum Gasteiger partial charge on any atom is 0.0363 e. The maximum atomic E-state index is 3.80. The largest absolute Gasteiger partial charge is 0.369 e. The molecule has 1 aliphatic rings. The molecule has 0 aromatic rings. The molecule has 0 saturated carbocycles. The molecule has 0 aromatic carbocycles. The van der Waals surface area contributed by atoms with Crippen molar-refractivity contribution in [2.75, 3.05) is 31.6 Å². The predicted octanol–water partition coefficient (Wildman–Crippen LogP) is 3.05. The second-order valence-corrected chi connectivity index (χ2v) is 5.54. The van der Waals surface area contributed by atoms with Crippen molar-refractivity contribution < 1.29 is 0 Å². The second-order valence-electron chi connectivity index (χ2n) is 4.56. The van der Waals surface area contributed by atoms with Gasteiger partial charge in [0.15, 0.2) is 0 Å². The first kappa shape index (κ1) is 15.4. The van der Waals surface area contributed by atoms with E-state index in [0.29, 0.717) is 6.04 Å². The molecule has 18 heavy (non-hydrogen) atoms. The van der Waals surface area contributed by atoms with Gasteiger partial charge in [0.25, 0.3) is 0 Å². The molecule has 0 aliphatic carbocycles. The fourth-order valence-electron chi connectivity index (χ4n) is 2.29. The van der Waals surface area contributed by atoms with Gasteiger partial charge in [-0.15, -0.1) is 0 Å². The molecule has 1 N–H and O–H groups in total. The molecule has 1 rings (SSSR count). The van der Waals surface area contributed by atoms with E-state index in [1.165, 1.54) is 24.3 Å². The molecule has 0 spiro atoms. The van der Waals surface area contributed by atoms with Crippen molar-refractivity contribution in [3.05, 3.63) is 36.6 Å². The lowest BCUT2D eigenvalue weighted by molar-refractivity contribution is 0.244. The number of allylic oxidation sites excluding steroid dienone is 4. The summed E-state index contributed by atoms with van der Waals surface area (Å²) in [6, 6.07) is 0.629. The van der Waals surface area contributed by atoms with Crippen molar-refractivity contribution in [3.63, 3.8) is 0 Å². The molecule has 1 fully saturated rings. The van der Waals surface area contributed by atoms with Crippen LogP contribution < -0.4 is 5.32 Å². The van der Waals surface area contributed by atoms with Gasteiger partial charge in [0.05, 0.1) is 0 Å². The fourth-order valence-corrected chi connectivity index (χ4v) is 2.74. The van der Waals surface area contributed by atoms with Crippen LogP contribution in [0.3, 0.4) is 0 Å². The molecule has 102 valence electrons. The quantitative estimate of drug-likeness (QED) is 0.563. The molecule has 0 radical (unpaired) electrons. The van der Waals surface area contributed by atoms with E-state index in [-0.39, 0.29) is 0 Å². The minimum Gasteiger partial charge on any atom is -0.369 e. The summed E-state index contributed by atoms with van der Waals surface area (Å²) in [4.78, 5) is 2.46. The topological polar surface area (TPSA) is 15.3 Å². The molecule has 1 heterocycles. The summed E-state index contributed by atoms with van der Waals surface area (Å²) < 4.78 is 0. The molecule has 1 saturated heterocycles. The molecule has 3 heteroatoms. The number of rotatable bonds is 7. The Morgan fingerprint density at radius 1 is 1.56 bits per heavy atom. The number of nitrogens with one attached hydrogen (secondary N) is 1. The van der Waals surface area contributed by atoms with Crippen LogP contribution in [0.5, 0.6) is 0 Å². The van der Waals surface area contributed by atoms with Crippen molar-refractivity contribution in [2.45, 2.75) is 25.8 Å². The van der Waals surface area contributed by atoms with Crippen LogP contribution in [0.15, 0.2) is 36.6 Å². The third kappa shape index (κ3) is 5.32. The van der Waals surface area contributed by atoms with Crippen LogP contribution in [0.4, 0.5) is 0 Å². The number of thioether (sulfide) groups is 1.